The Morgan fingerprint density at radius 1 is 1.50 bits per heavy atom. The van der Waals surface area contributed by atoms with Crippen LogP contribution in [0, 0.1) is 6.92 Å². The van der Waals surface area contributed by atoms with Gasteiger partial charge in [-0.25, -0.2) is 4.79 Å². The van der Waals surface area contributed by atoms with Gasteiger partial charge in [-0.15, -0.1) is 0 Å². The smallest absolute Gasteiger partial charge is 0.318 e. The van der Waals surface area contributed by atoms with Crippen molar-refractivity contribution in [3.8, 4) is 5.75 Å². The molecule has 0 spiro atoms. The average molecular weight is 306 g/mol. The van der Waals surface area contributed by atoms with Gasteiger partial charge >= 0.3 is 6.03 Å². The molecule has 0 radical (unpaired) electrons. The summed E-state index contributed by atoms with van der Waals surface area (Å²) >= 11 is 0. The van der Waals surface area contributed by atoms with Gasteiger partial charge in [-0.1, -0.05) is 12.1 Å². The fourth-order valence-electron chi connectivity index (χ4n) is 3.07. The van der Waals surface area contributed by atoms with Crippen molar-refractivity contribution in [1.29, 1.82) is 0 Å². The molecular formula is C17H26N2O3. The molecule has 2 N–H and O–H groups in total. The molecule has 0 aliphatic carbocycles. The molecule has 1 saturated heterocycles. The normalized spacial score (nSPS) is 18.4. The second kappa shape index (κ2) is 6.57. The number of aliphatic hydroxyl groups is 1. The molecule has 1 aliphatic heterocycles. The Balaban J connectivity index is 1.96. The van der Waals surface area contributed by atoms with Crippen LogP contribution in [0.4, 0.5) is 4.79 Å². The monoisotopic (exact) mass is 306 g/mol. The number of aryl methyl sites for hydroxylation is 1. The molecular weight excluding hydrogens is 280 g/mol. The number of nitrogens with zero attached hydrogens (tertiary/aromatic N) is 1. The van der Waals surface area contributed by atoms with Gasteiger partial charge in [0.1, 0.15) is 5.75 Å². The minimum Gasteiger partial charge on any atom is -0.496 e. The van der Waals surface area contributed by atoms with E-state index in [4.69, 9.17) is 4.74 Å². The zero-order valence-electron chi connectivity index (χ0n) is 13.8. The molecule has 1 heterocycles. The predicted octanol–water partition coefficient (Wildman–Crippen LogP) is 2.45. The molecule has 122 valence electrons. The molecule has 1 aromatic rings. The van der Waals surface area contributed by atoms with E-state index in [9.17, 15) is 9.90 Å². The minimum atomic E-state index is -0.870. The second-order valence-corrected chi connectivity index (χ2v) is 6.47. The summed E-state index contributed by atoms with van der Waals surface area (Å²) in [5, 5.41) is 13.1. The summed E-state index contributed by atoms with van der Waals surface area (Å²) in [5.41, 5.74) is 1.21. The fourth-order valence-corrected chi connectivity index (χ4v) is 3.07. The average Bonchev–Trinajstić information content (AvgIpc) is 2.94. The van der Waals surface area contributed by atoms with Crippen molar-refractivity contribution in [1.82, 2.24) is 10.2 Å². The number of nitrogens with one attached hydrogen (secondary N) is 1. The fraction of sp³-hybridized carbons (Fsp3) is 0.588. The summed E-state index contributed by atoms with van der Waals surface area (Å²) in [6.45, 7) is 6.67. The third kappa shape index (κ3) is 3.71. The largest absolute Gasteiger partial charge is 0.496 e. The number of ether oxygens (including phenoxy) is 1. The molecule has 0 bridgehead atoms. The molecule has 2 rings (SSSR count). The van der Waals surface area contributed by atoms with E-state index < -0.39 is 5.60 Å². The van der Waals surface area contributed by atoms with Gasteiger partial charge in [0.2, 0.25) is 0 Å². The van der Waals surface area contributed by atoms with Crippen molar-refractivity contribution in [3.63, 3.8) is 0 Å². The van der Waals surface area contributed by atoms with Gasteiger partial charge in [0.15, 0.2) is 0 Å². The zero-order valence-corrected chi connectivity index (χ0v) is 13.8. The van der Waals surface area contributed by atoms with E-state index in [0.717, 1.165) is 29.7 Å². The van der Waals surface area contributed by atoms with Crippen molar-refractivity contribution in [2.45, 2.75) is 51.8 Å². The maximum Gasteiger partial charge on any atom is 0.318 e. The van der Waals surface area contributed by atoms with E-state index in [1.54, 1.807) is 25.9 Å². The van der Waals surface area contributed by atoms with Gasteiger partial charge in [-0.2, -0.15) is 0 Å². The number of hydrogen-bond acceptors (Lipinski definition) is 3. The van der Waals surface area contributed by atoms with Crippen LogP contribution in [0.5, 0.6) is 5.75 Å². The molecule has 0 saturated carbocycles. The number of urea groups is 1. The van der Waals surface area contributed by atoms with Crippen molar-refractivity contribution in [3.05, 3.63) is 29.3 Å². The Bertz CT molecular complexity index is 537. The maximum atomic E-state index is 12.4. The molecule has 0 aromatic heterocycles. The van der Waals surface area contributed by atoms with Gasteiger partial charge in [-0.05, 0) is 50.8 Å². The highest BCUT2D eigenvalue weighted by Crippen LogP contribution is 2.26. The molecule has 2 amide bonds. The number of benzene rings is 1. The van der Waals surface area contributed by atoms with E-state index in [2.05, 4.69) is 5.32 Å². The number of carbonyl (C=O) groups is 1. The lowest BCUT2D eigenvalue weighted by Gasteiger charge is -2.33. The minimum absolute atomic E-state index is 0.113. The Labute approximate surface area is 132 Å². The highest BCUT2D eigenvalue weighted by molar-refractivity contribution is 5.75. The van der Waals surface area contributed by atoms with Crippen LogP contribution in [-0.2, 0) is 6.54 Å². The van der Waals surface area contributed by atoms with Crippen molar-refractivity contribution < 1.29 is 14.6 Å². The van der Waals surface area contributed by atoms with Crippen molar-refractivity contribution >= 4 is 6.03 Å². The third-order valence-corrected chi connectivity index (χ3v) is 4.23. The first kappa shape index (κ1) is 16.6. The summed E-state index contributed by atoms with van der Waals surface area (Å²) in [4.78, 5) is 14.1. The number of amides is 2. The molecule has 1 aromatic carbocycles. The van der Waals surface area contributed by atoms with E-state index in [-0.39, 0.29) is 12.1 Å². The van der Waals surface area contributed by atoms with Crippen LogP contribution in [-0.4, -0.2) is 41.3 Å². The highest BCUT2D eigenvalue weighted by atomic mass is 16.5. The first-order chi connectivity index (χ1) is 10.3. The number of likely N-dealkylation sites (tertiary alicyclic amines) is 1. The molecule has 22 heavy (non-hydrogen) atoms. The third-order valence-electron chi connectivity index (χ3n) is 4.23. The summed E-state index contributed by atoms with van der Waals surface area (Å²) in [7, 11) is 1.65. The Kier molecular flexibility index (Phi) is 4.96. The lowest BCUT2D eigenvalue weighted by atomic mass is 9.97. The van der Waals surface area contributed by atoms with Gasteiger partial charge in [0.05, 0.1) is 18.8 Å². The van der Waals surface area contributed by atoms with E-state index in [0.29, 0.717) is 13.1 Å². The predicted molar refractivity (Wildman–Crippen MR) is 86.0 cm³/mol. The molecule has 1 aliphatic rings. The summed E-state index contributed by atoms with van der Waals surface area (Å²) in [6.07, 6.45) is 1.78. The molecule has 1 atom stereocenters. The Morgan fingerprint density at radius 3 is 2.82 bits per heavy atom. The van der Waals surface area contributed by atoms with Crippen LogP contribution < -0.4 is 10.1 Å². The molecule has 1 fully saturated rings. The topological polar surface area (TPSA) is 61.8 Å². The van der Waals surface area contributed by atoms with Gasteiger partial charge in [-0.3, -0.25) is 0 Å². The summed E-state index contributed by atoms with van der Waals surface area (Å²) in [5.74, 6) is 0.844. The van der Waals surface area contributed by atoms with E-state index in [1.165, 1.54) is 0 Å². The van der Waals surface area contributed by atoms with Crippen LogP contribution in [0.25, 0.3) is 0 Å². The molecule has 5 nitrogen and oxygen atoms in total. The van der Waals surface area contributed by atoms with Crippen LogP contribution in [0.1, 0.15) is 37.8 Å². The lowest BCUT2D eigenvalue weighted by molar-refractivity contribution is 0.00979. The molecule has 0 unspecified atom stereocenters. The molecule has 5 heteroatoms. The quantitative estimate of drug-likeness (QED) is 0.898. The van der Waals surface area contributed by atoms with Crippen molar-refractivity contribution in [2.24, 2.45) is 0 Å². The van der Waals surface area contributed by atoms with Crippen LogP contribution >= 0.6 is 0 Å². The number of rotatable bonds is 4. The first-order valence-electron chi connectivity index (χ1n) is 7.73. The maximum absolute atomic E-state index is 12.4. The Morgan fingerprint density at radius 2 is 2.23 bits per heavy atom. The lowest BCUT2D eigenvalue weighted by Crippen LogP contribution is -2.51. The second-order valence-electron chi connectivity index (χ2n) is 6.47. The van der Waals surface area contributed by atoms with E-state index in [1.807, 2.05) is 25.1 Å². The van der Waals surface area contributed by atoms with Crippen molar-refractivity contribution in [2.75, 3.05) is 13.7 Å². The van der Waals surface area contributed by atoms with Crippen LogP contribution in [0.2, 0.25) is 0 Å². The van der Waals surface area contributed by atoms with Gasteiger partial charge in [0, 0.05) is 13.1 Å². The van der Waals surface area contributed by atoms with Crippen LogP contribution in [0.15, 0.2) is 18.2 Å². The summed E-state index contributed by atoms with van der Waals surface area (Å²) in [6, 6.07) is 5.63. The number of methoxy groups -OCH3 is 1. The standard InChI is InChI=1S/C17H26N2O3/c1-12-10-13(7-8-14(12)22-4)11-18-16(20)19-9-5-6-15(19)17(2,3)21/h7-8,10,15,21H,5-6,9,11H2,1-4H3,(H,18,20)/t15-/m1/s1. The number of hydrogen-bond donors (Lipinski definition) is 2. The Hall–Kier alpha value is -1.75. The van der Waals surface area contributed by atoms with Gasteiger partial charge in [0.25, 0.3) is 0 Å². The first-order valence-corrected chi connectivity index (χ1v) is 7.73. The zero-order chi connectivity index (χ0) is 16.3. The SMILES string of the molecule is COc1ccc(CNC(=O)N2CCC[C@@H]2C(C)(C)O)cc1C. The summed E-state index contributed by atoms with van der Waals surface area (Å²) < 4.78 is 5.23. The van der Waals surface area contributed by atoms with E-state index >= 15 is 0 Å². The van der Waals surface area contributed by atoms with Gasteiger partial charge < -0.3 is 20.1 Å². The number of carbonyl (C=O) groups excluding carboxylic acids is 1. The van der Waals surface area contributed by atoms with Crippen LogP contribution in [0.3, 0.4) is 0 Å². The highest BCUT2D eigenvalue weighted by Gasteiger charge is 2.38.